The molecular weight excluding hydrogens is 268 g/mol. The lowest BCUT2D eigenvalue weighted by Gasteiger charge is -2.39. The van der Waals surface area contributed by atoms with Crippen LogP contribution in [0.1, 0.15) is 39.0 Å². The highest BCUT2D eigenvalue weighted by molar-refractivity contribution is 5.83. The van der Waals surface area contributed by atoms with Crippen LogP contribution in [-0.2, 0) is 9.59 Å². The fourth-order valence-corrected chi connectivity index (χ4v) is 3.47. The van der Waals surface area contributed by atoms with Crippen LogP contribution in [0.2, 0.25) is 0 Å². The Bertz CT molecular complexity index is 422. The Balaban J connectivity index is 1.57. The molecule has 1 N–H and O–H groups in total. The molecule has 5 nitrogen and oxygen atoms in total. The number of carbonyl (C=O) groups is 2. The molecule has 3 fully saturated rings. The van der Waals surface area contributed by atoms with E-state index in [1.54, 1.807) is 4.90 Å². The number of amides is 2. The molecule has 1 saturated carbocycles. The molecule has 5 heteroatoms. The monoisotopic (exact) mass is 294 g/mol. The van der Waals surface area contributed by atoms with Gasteiger partial charge in [-0.3, -0.25) is 9.59 Å². The molecule has 0 bridgehead atoms. The highest BCUT2D eigenvalue weighted by atomic mass is 16.3. The second-order valence-electron chi connectivity index (χ2n) is 7.02. The van der Waals surface area contributed by atoms with Gasteiger partial charge < -0.3 is 14.9 Å². The zero-order valence-corrected chi connectivity index (χ0v) is 12.8. The van der Waals surface area contributed by atoms with Crippen molar-refractivity contribution in [2.24, 2.45) is 17.8 Å². The summed E-state index contributed by atoms with van der Waals surface area (Å²) >= 11 is 0. The van der Waals surface area contributed by atoms with Crippen LogP contribution in [0.25, 0.3) is 0 Å². The fraction of sp³-hybridized carbons (Fsp3) is 0.875. The van der Waals surface area contributed by atoms with E-state index in [4.69, 9.17) is 0 Å². The largest absolute Gasteiger partial charge is 0.391 e. The summed E-state index contributed by atoms with van der Waals surface area (Å²) in [4.78, 5) is 28.5. The maximum Gasteiger partial charge on any atom is 0.227 e. The smallest absolute Gasteiger partial charge is 0.227 e. The Kier molecular flexibility index (Phi) is 4.20. The third kappa shape index (κ3) is 3.23. The van der Waals surface area contributed by atoms with Crippen molar-refractivity contribution in [2.75, 3.05) is 26.2 Å². The van der Waals surface area contributed by atoms with Gasteiger partial charge in [-0.2, -0.15) is 0 Å². The first-order valence-electron chi connectivity index (χ1n) is 8.32. The molecule has 2 heterocycles. The zero-order chi connectivity index (χ0) is 15.0. The normalized spacial score (nSPS) is 33.9. The summed E-state index contributed by atoms with van der Waals surface area (Å²) in [7, 11) is 0. The number of hydrogen-bond acceptors (Lipinski definition) is 3. The van der Waals surface area contributed by atoms with Crippen molar-refractivity contribution in [1.29, 1.82) is 0 Å². The molecule has 3 atom stereocenters. The van der Waals surface area contributed by atoms with Gasteiger partial charge in [-0.1, -0.05) is 6.92 Å². The van der Waals surface area contributed by atoms with Crippen molar-refractivity contribution < 1.29 is 14.7 Å². The standard InChI is InChI=1S/C16H26N2O3/c1-11-6-8-18(10-14(11)19)16(21)13-3-2-7-17(9-13)15(20)12-4-5-12/h11-14,19H,2-10H2,1H3. The SMILES string of the molecule is CC1CCN(C(=O)C2CCCN(C(=O)C3CC3)C2)CC1O. The summed E-state index contributed by atoms with van der Waals surface area (Å²) in [5.41, 5.74) is 0. The quantitative estimate of drug-likeness (QED) is 0.822. The lowest BCUT2D eigenvalue weighted by Crippen LogP contribution is -2.51. The molecule has 118 valence electrons. The van der Waals surface area contributed by atoms with Crippen molar-refractivity contribution >= 4 is 11.8 Å². The van der Waals surface area contributed by atoms with Gasteiger partial charge in [0.15, 0.2) is 0 Å². The molecule has 2 aliphatic heterocycles. The molecular formula is C16H26N2O3. The molecule has 3 aliphatic rings. The van der Waals surface area contributed by atoms with E-state index in [2.05, 4.69) is 0 Å². The molecule has 2 amide bonds. The Labute approximate surface area is 126 Å². The van der Waals surface area contributed by atoms with Crippen LogP contribution in [0.3, 0.4) is 0 Å². The van der Waals surface area contributed by atoms with Gasteiger partial charge in [0.2, 0.25) is 11.8 Å². The van der Waals surface area contributed by atoms with E-state index in [1.165, 1.54) is 0 Å². The van der Waals surface area contributed by atoms with Gasteiger partial charge in [-0.25, -0.2) is 0 Å². The molecule has 3 unspecified atom stereocenters. The molecule has 0 spiro atoms. The van der Waals surface area contributed by atoms with E-state index in [0.29, 0.717) is 13.1 Å². The molecule has 1 aliphatic carbocycles. The summed E-state index contributed by atoms with van der Waals surface area (Å²) in [5.74, 6) is 0.820. The van der Waals surface area contributed by atoms with E-state index >= 15 is 0 Å². The van der Waals surface area contributed by atoms with Gasteiger partial charge in [0.25, 0.3) is 0 Å². The van der Waals surface area contributed by atoms with E-state index < -0.39 is 6.10 Å². The highest BCUT2D eigenvalue weighted by Gasteiger charge is 2.38. The molecule has 0 aromatic rings. The van der Waals surface area contributed by atoms with Crippen LogP contribution in [0.15, 0.2) is 0 Å². The van der Waals surface area contributed by atoms with Crippen LogP contribution in [0.5, 0.6) is 0 Å². The van der Waals surface area contributed by atoms with E-state index in [9.17, 15) is 14.7 Å². The Morgan fingerprint density at radius 2 is 1.57 bits per heavy atom. The van der Waals surface area contributed by atoms with Gasteiger partial charge in [0.05, 0.1) is 12.0 Å². The number of β-amino-alcohol motifs (C(OH)–C–C–N with tert-alkyl or cyclic N) is 1. The van der Waals surface area contributed by atoms with E-state index in [-0.39, 0.29) is 29.6 Å². The average molecular weight is 294 g/mol. The lowest BCUT2D eigenvalue weighted by molar-refractivity contribution is -0.144. The van der Waals surface area contributed by atoms with Gasteiger partial charge in [-0.15, -0.1) is 0 Å². The number of carbonyl (C=O) groups excluding carboxylic acids is 2. The second kappa shape index (κ2) is 5.95. The summed E-state index contributed by atoms with van der Waals surface area (Å²) in [6, 6.07) is 0. The van der Waals surface area contributed by atoms with Gasteiger partial charge >= 0.3 is 0 Å². The molecule has 0 aromatic carbocycles. The van der Waals surface area contributed by atoms with Crippen LogP contribution in [0, 0.1) is 17.8 Å². The first-order chi connectivity index (χ1) is 10.1. The first kappa shape index (κ1) is 14.8. The molecule has 0 radical (unpaired) electrons. The Hall–Kier alpha value is -1.10. The topological polar surface area (TPSA) is 60.9 Å². The van der Waals surface area contributed by atoms with Crippen LogP contribution in [-0.4, -0.2) is 59.0 Å². The van der Waals surface area contributed by atoms with Crippen molar-refractivity contribution in [3.05, 3.63) is 0 Å². The van der Waals surface area contributed by atoms with Crippen LogP contribution < -0.4 is 0 Å². The molecule has 0 aromatic heterocycles. The lowest BCUT2D eigenvalue weighted by atomic mass is 9.92. The number of aliphatic hydroxyl groups is 1. The van der Waals surface area contributed by atoms with Crippen molar-refractivity contribution in [2.45, 2.75) is 45.1 Å². The summed E-state index contributed by atoms with van der Waals surface area (Å²) in [5, 5.41) is 9.96. The predicted octanol–water partition coefficient (Wildman–Crippen LogP) is 0.864. The maximum atomic E-state index is 12.6. The average Bonchev–Trinajstić information content (AvgIpc) is 3.33. The van der Waals surface area contributed by atoms with E-state index in [1.807, 2.05) is 11.8 Å². The number of hydrogen-bond donors (Lipinski definition) is 1. The van der Waals surface area contributed by atoms with Crippen molar-refractivity contribution in [1.82, 2.24) is 9.80 Å². The molecule has 2 saturated heterocycles. The minimum absolute atomic E-state index is 0.0675. The third-order valence-electron chi connectivity index (χ3n) is 5.24. The number of likely N-dealkylation sites (tertiary alicyclic amines) is 2. The summed E-state index contributed by atoms with van der Waals surface area (Å²) in [6.45, 7) is 4.61. The maximum absolute atomic E-state index is 12.6. The van der Waals surface area contributed by atoms with Gasteiger partial charge in [0, 0.05) is 32.1 Å². The fourth-order valence-electron chi connectivity index (χ4n) is 3.47. The van der Waals surface area contributed by atoms with Crippen molar-refractivity contribution in [3.8, 4) is 0 Å². The number of piperidine rings is 2. The van der Waals surface area contributed by atoms with Gasteiger partial charge in [-0.05, 0) is 38.0 Å². The van der Waals surface area contributed by atoms with Crippen LogP contribution >= 0.6 is 0 Å². The van der Waals surface area contributed by atoms with Gasteiger partial charge in [0.1, 0.15) is 0 Å². The number of nitrogens with zero attached hydrogens (tertiary/aromatic N) is 2. The molecule has 21 heavy (non-hydrogen) atoms. The number of rotatable bonds is 2. The first-order valence-corrected chi connectivity index (χ1v) is 8.32. The zero-order valence-electron chi connectivity index (χ0n) is 12.8. The van der Waals surface area contributed by atoms with E-state index in [0.717, 1.165) is 45.2 Å². The minimum atomic E-state index is -0.407. The second-order valence-corrected chi connectivity index (χ2v) is 7.02. The van der Waals surface area contributed by atoms with Crippen molar-refractivity contribution in [3.63, 3.8) is 0 Å². The number of aliphatic hydroxyl groups excluding tert-OH is 1. The third-order valence-corrected chi connectivity index (χ3v) is 5.24. The highest BCUT2D eigenvalue weighted by Crippen LogP contribution is 2.33. The molecule has 3 rings (SSSR count). The summed E-state index contributed by atoms with van der Waals surface area (Å²) in [6.07, 6.45) is 4.28. The Morgan fingerprint density at radius 1 is 0.905 bits per heavy atom. The summed E-state index contributed by atoms with van der Waals surface area (Å²) < 4.78 is 0. The van der Waals surface area contributed by atoms with Crippen LogP contribution in [0.4, 0.5) is 0 Å². The Morgan fingerprint density at radius 3 is 2.24 bits per heavy atom. The minimum Gasteiger partial charge on any atom is -0.391 e. The predicted molar refractivity (Wildman–Crippen MR) is 78.4 cm³/mol.